The molecule has 3 rings (SSSR count). The molecule has 0 saturated carbocycles. The lowest BCUT2D eigenvalue weighted by Crippen LogP contribution is -2.35. The quantitative estimate of drug-likeness (QED) is 0.727. The molecule has 2 aromatic carbocycles. The third-order valence-electron chi connectivity index (χ3n) is 4.74. The van der Waals surface area contributed by atoms with E-state index in [-0.39, 0.29) is 18.2 Å². The number of rotatable bonds is 6. The number of aryl methyl sites for hydroxylation is 1. The van der Waals surface area contributed by atoms with Gasteiger partial charge in [0, 0.05) is 24.4 Å². The summed E-state index contributed by atoms with van der Waals surface area (Å²) < 4.78 is 11.4. The number of nitrogens with one attached hydrogen (secondary N) is 1. The van der Waals surface area contributed by atoms with E-state index in [0.717, 1.165) is 34.3 Å². The lowest BCUT2D eigenvalue weighted by molar-refractivity contribution is -0.125. The third-order valence-corrected chi connectivity index (χ3v) is 5.20. The first-order valence-electron chi connectivity index (χ1n) is 9.05. The Morgan fingerprint density at radius 1 is 1.14 bits per heavy atom. The normalized spacial score (nSPS) is 12.1. The number of ether oxygens (including phenoxy) is 2. The van der Waals surface area contributed by atoms with E-state index < -0.39 is 0 Å². The van der Waals surface area contributed by atoms with E-state index in [1.165, 1.54) is 11.8 Å². The van der Waals surface area contributed by atoms with Gasteiger partial charge in [-0.3, -0.25) is 9.59 Å². The predicted octanol–water partition coefficient (Wildman–Crippen LogP) is 3.95. The molecular formula is C21H23BrN2O4. The van der Waals surface area contributed by atoms with Gasteiger partial charge in [0.2, 0.25) is 11.8 Å². The summed E-state index contributed by atoms with van der Waals surface area (Å²) in [6.07, 6.45) is 1.57. The van der Waals surface area contributed by atoms with Crippen molar-refractivity contribution in [2.24, 2.45) is 0 Å². The summed E-state index contributed by atoms with van der Waals surface area (Å²) in [5, 5.41) is 3.29. The Morgan fingerprint density at radius 3 is 2.57 bits per heavy atom. The Bertz CT molecular complexity index is 914. The lowest BCUT2D eigenvalue weighted by atomic mass is 10.1. The first-order chi connectivity index (χ1) is 13.4. The van der Waals surface area contributed by atoms with E-state index in [4.69, 9.17) is 9.47 Å². The molecule has 1 aliphatic rings. The molecule has 1 heterocycles. The molecule has 7 heteroatoms. The number of fused-ring (bicyclic) bond motifs is 1. The van der Waals surface area contributed by atoms with Gasteiger partial charge in [-0.15, -0.1) is 0 Å². The number of hydrogen-bond donors (Lipinski definition) is 1. The highest BCUT2D eigenvalue weighted by molar-refractivity contribution is 9.10. The number of anilines is 2. The Kier molecular flexibility index (Phi) is 6.24. The second-order valence-corrected chi connectivity index (χ2v) is 7.49. The molecule has 0 saturated heterocycles. The average Bonchev–Trinajstić information content (AvgIpc) is 3.14. The maximum atomic E-state index is 13.0. The first-order valence-corrected chi connectivity index (χ1v) is 9.84. The minimum Gasteiger partial charge on any atom is -0.493 e. The molecule has 28 heavy (non-hydrogen) atoms. The fraction of sp³-hybridized carbons (Fsp3) is 0.333. The molecule has 148 valence electrons. The topological polar surface area (TPSA) is 67.9 Å². The van der Waals surface area contributed by atoms with Crippen LogP contribution in [-0.4, -0.2) is 32.6 Å². The number of amides is 2. The van der Waals surface area contributed by atoms with Crippen LogP contribution in [-0.2, 0) is 22.4 Å². The largest absolute Gasteiger partial charge is 0.493 e. The molecule has 0 atom stereocenters. The number of halogens is 1. The van der Waals surface area contributed by atoms with Crippen molar-refractivity contribution in [3.05, 3.63) is 45.9 Å². The van der Waals surface area contributed by atoms with Crippen LogP contribution in [0.4, 0.5) is 11.4 Å². The van der Waals surface area contributed by atoms with E-state index in [0.29, 0.717) is 23.6 Å². The highest BCUT2D eigenvalue weighted by atomic mass is 79.9. The fourth-order valence-corrected chi connectivity index (χ4v) is 3.92. The third kappa shape index (κ3) is 4.14. The van der Waals surface area contributed by atoms with E-state index >= 15 is 0 Å². The summed E-state index contributed by atoms with van der Waals surface area (Å²) >= 11 is 3.48. The maximum absolute atomic E-state index is 13.0. The molecule has 1 N–H and O–H groups in total. The zero-order valence-electron chi connectivity index (χ0n) is 16.2. The molecule has 0 bridgehead atoms. The minimum atomic E-state index is -0.300. The highest BCUT2D eigenvalue weighted by Gasteiger charge is 2.26. The number of carbonyl (C=O) groups excluding carboxylic acids is 2. The molecule has 6 nitrogen and oxygen atoms in total. The minimum absolute atomic E-state index is 0.205. The van der Waals surface area contributed by atoms with Gasteiger partial charge in [0.15, 0.2) is 11.5 Å². The molecule has 0 spiro atoms. The number of hydrogen-bond acceptors (Lipinski definition) is 5. The van der Waals surface area contributed by atoms with Crippen LogP contribution in [0.3, 0.4) is 0 Å². The summed E-state index contributed by atoms with van der Waals surface area (Å²) in [6.45, 7) is 2.21. The van der Waals surface area contributed by atoms with Crippen LogP contribution in [0.2, 0.25) is 0 Å². The monoisotopic (exact) mass is 446 g/mol. The summed E-state index contributed by atoms with van der Waals surface area (Å²) in [7, 11) is 3.15. The van der Waals surface area contributed by atoms with E-state index in [9.17, 15) is 9.59 Å². The maximum Gasteiger partial charge on any atom is 0.234 e. The van der Waals surface area contributed by atoms with Crippen LogP contribution in [0.15, 0.2) is 34.8 Å². The van der Waals surface area contributed by atoms with Gasteiger partial charge in [-0.1, -0.05) is 22.0 Å². The van der Waals surface area contributed by atoms with Crippen molar-refractivity contribution >= 4 is 39.1 Å². The van der Waals surface area contributed by atoms with Crippen LogP contribution in [0.1, 0.15) is 24.5 Å². The Morgan fingerprint density at radius 2 is 1.89 bits per heavy atom. The molecular weight excluding hydrogens is 424 g/mol. The standard InChI is InChI=1S/C21H23BrN2O4/c1-13(25)24(17-12-16(22)11-15-8-9-23-21(15)17)20(26)7-5-14-4-6-18(27-2)19(10-14)28-3/h4,6,10-12,23H,5,7-9H2,1-3H3. The van der Waals surface area contributed by atoms with Crippen molar-refractivity contribution in [2.45, 2.75) is 26.2 Å². The van der Waals surface area contributed by atoms with Crippen molar-refractivity contribution in [3.8, 4) is 11.5 Å². The van der Waals surface area contributed by atoms with Crippen molar-refractivity contribution in [2.75, 3.05) is 31.0 Å². The average molecular weight is 447 g/mol. The summed E-state index contributed by atoms with van der Waals surface area (Å²) in [6, 6.07) is 9.39. The smallest absolute Gasteiger partial charge is 0.234 e. The first kappa shape index (κ1) is 20.2. The van der Waals surface area contributed by atoms with Gasteiger partial charge in [-0.25, -0.2) is 4.90 Å². The van der Waals surface area contributed by atoms with Gasteiger partial charge in [0.05, 0.1) is 25.6 Å². The van der Waals surface area contributed by atoms with Crippen molar-refractivity contribution in [1.82, 2.24) is 0 Å². The molecule has 2 aromatic rings. The molecule has 0 unspecified atom stereocenters. The van der Waals surface area contributed by atoms with E-state index in [2.05, 4.69) is 21.2 Å². The number of imide groups is 1. The lowest BCUT2D eigenvalue weighted by Gasteiger charge is -2.22. The molecule has 0 fully saturated rings. The van der Waals surface area contributed by atoms with Gasteiger partial charge >= 0.3 is 0 Å². The van der Waals surface area contributed by atoms with Crippen LogP contribution in [0, 0.1) is 0 Å². The molecule has 0 aromatic heterocycles. The van der Waals surface area contributed by atoms with Gasteiger partial charge < -0.3 is 14.8 Å². The predicted molar refractivity (Wildman–Crippen MR) is 112 cm³/mol. The van der Waals surface area contributed by atoms with Gasteiger partial charge in [0.1, 0.15) is 0 Å². The molecule has 1 aliphatic heterocycles. The number of methoxy groups -OCH3 is 2. The highest BCUT2D eigenvalue weighted by Crippen LogP contribution is 2.37. The number of carbonyl (C=O) groups is 2. The van der Waals surface area contributed by atoms with Crippen LogP contribution >= 0.6 is 15.9 Å². The van der Waals surface area contributed by atoms with Gasteiger partial charge in [0.25, 0.3) is 0 Å². The van der Waals surface area contributed by atoms with Gasteiger partial charge in [-0.05, 0) is 48.2 Å². The number of nitrogens with zero attached hydrogens (tertiary/aromatic N) is 1. The summed E-state index contributed by atoms with van der Waals surface area (Å²) in [5.74, 6) is 0.714. The van der Waals surface area contributed by atoms with Crippen molar-refractivity contribution < 1.29 is 19.1 Å². The van der Waals surface area contributed by atoms with Crippen LogP contribution < -0.4 is 19.7 Å². The SMILES string of the molecule is COc1ccc(CCC(=O)N(C(C)=O)c2cc(Br)cc3c2NCC3)cc1OC. The van der Waals surface area contributed by atoms with Crippen molar-refractivity contribution in [3.63, 3.8) is 0 Å². The van der Waals surface area contributed by atoms with Crippen molar-refractivity contribution in [1.29, 1.82) is 0 Å². The number of benzene rings is 2. The summed E-state index contributed by atoms with van der Waals surface area (Å²) in [5.41, 5.74) is 3.50. The van der Waals surface area contributed by atoms with Crippen LogP contribution in [0.5, 0.6) is 11.5 Å². The molecule has 0 aliphatic carbocycles. The zero-order valence-corrected chi connectivity index (χ0v) is 17.8. The summed E-state index contributed by atoms with van der Waals surface area (Å²) in [4.78, 5) is 26.5. The van der Waals surface area contributed by atoms with Gasteiger partial charge in [-0.2, -0.15) is 0 Å². The Labute approximate surface area is 172 Å². The van der Waals surface area contributed by atoms with Crippen LogP contribution in [0.25, 0.3) is 0 Å². The fourth-order valence-electron chi connectivity index (χ4n) is 3.43. The van der Waals surface area contributed by atoms with E-state index in [1.807, 2.05) is 30.3 Å². The Balaban J connectivity index is 1.81. The molecule has 2 amide bonds. The van der Waals surface area contributed by atoms with E-state index in [1.54, 1.807) is 14.2 Å². The second-order valence-electron chi connectivity index (χ2n) is 6.57. The second kappa shape index (κ2) is 8.65. The zero-order chi connectivity index (χ0) is 20.3. The Hall–Kier alpha value is -2.54. The molecule has 0 radical (unpaired) electrons.